The van der Waals surface area contributed by atoms with E-state index in [-0.39, 0.29) is 6.10 Å². The van der Waals surface area contributed by atoms with Crippen molar-refractivity contribution in [1.29, 1.82) is 0 Å². The molecule has 0 amide bonds. The average molecular weight is 289 g/mol. The molecule has 116 valence electrons. The molecule has 1 aliphatic carbocycles. The van der Waals surface area contributed by atoms with E-state index in [1.165, 1.54) is 31.5 Å². The summed E-state index contributed by atoms with van der Waals surface area (Å²) in [5.41, 5.74) is 1.36. The maximum absolute atomic E-state index is 9.57. The van der Waals surface area contributed by atoms with Crippen LogP contribution in [-0.4, -0.2) is 46.3 Å². The van der Waals surface area contributed by atoms with Crippen molar-refractivity contribution in [2.75, 3.05) is 13.1 Å². The van der Waals surface area contributed by atoms with E-state index in [1.807, 2.05) is 12.4 Å². The zero-order valence-electron chi connectivity index (χ0n) is 12.7. The number of rotatable bonds is 4. The van der Waals surface area contributed by atoms with Crippen molar-refractivity contribution in [1.82, 2.24) is 15.2 Å². The van der Waals surface area contributed by atoms with Crippen molar-refractivity contribution in [2.24, 2.45) is 0 Å². The third kappa shape index (κ3) is 4.50. The first-order valence-corrected chi connectivity index (χ1v) is 8.35. The molecule has 2 heterocycles. The summed E-state index contributed by atoms with van der Waals surface area (Å²) >= 11 is 0. The fourth-order valence-electron chi connectivity index (χ4n) is 3.58. The number of piperidine rings is 1. The standard InChI is InChI=1S/C17H27N3O/c21-17-3-1-15(2-4-17)19-16-7-11-20(12-8-16)13-14-5-9-18-10-6-14/h5-6,9-10,15-17,19,21H,1-4,7-8,11-13H2. The van der Waals surface area contributed by atoms with Crippen LogP contribution in [0.1, 0.15) is 44.1 Å². The zero-order valence-corrected chi connectivity index (χ0v) is 12.7. The van der Waals surface area contributed by atoms with E-state index in [0.717, 1.165) is 32.2 Å². The first-order valence-electron chi connectivity index (χ1n) is 8.35. The van der Waals surface area contributed by atoms with E-state index in [2.05, 4.69) is 27.3 Å². The van der Waals surface area contributed by atoms with E-state index in [0.29, 0.717) is 12.1 Å². The fraction of sp³-hybridized carbons (Fsp3) is 0.706. The van der Waals surface area contributed by atoms with Gasteiger partial charge in [0.15, 0.2) is 0 Å². The second-order valence-electron chi connectivity index (χ2n) is 6.58. The third-order valence-electron chi connectivity index (χ3n) is 4.91. The molecule has 2 aliphatic rings. The number of hydrogen-bond donors (Lipinski definition) is 2. The SMILES string of the molecule is OC1CCC(NC2CCN(Cc3ccncc3)CC2)CC1. The van der Waals surface area contributed by atoms with Crippen LogP contribution in [-0.2, 0) is 6.54 Å². The lowest BCUT2D eigenvalue weighted by molar-refractivity contribution is 0.108. The Hall–Kier alpha value is -0.970. The summed E-state index contributed by atoms with van der Waals surface area (Å²) in [6.45, 7) is 3.40. The molecule has 1 saturated carbocycles. The predicted molar refractivity (Wildman–Crippen MR) is 83.9 cm³/mol. The number of hydrogen-bond acceptors (Lipinski definition) is 4. The van der Waals surface area contributed by atoms with Crippen molar-refractivity contribution >= 4 is 0 Å². The molecule has 1 aromatic rings. The molecule has 0 spiro atoms. The lowest BCUT2D eigenvalue weighted by atomic mass is 9.91. The van der Waals surface area contributed by atoms with Gasteiger partial charge in [-0.25, -0.2) is 0 Å². The van der Waals surface area contributed by atoms with Gasteiger partial charge in [-0.3, -0.25) is 9.88 Å². The van der Waals surface area contributed by atoms with Crippen LogP contribution in [0.4, 0.5) is 0 Å². The number of aliphatic hydroxyl groups excluding tert-OH is 1. The Labute approximate surface area is 127 Å². The third-order valence-corrected chi connectivity index (χ3v) is 4.91. The van der Waals surface area contributed by atoms with Gasteiger partial charge < -0.3 is 10.4 Å². The minimum absolute atomic E-state index is 0.0507. The monoisotopic (exact) mass is 289 g/mol. The predicted octanol–water partition coefficient (Wildman–Crippen LogP) is 1.94. The van der Waals surface area contributed by atoms with E-state index in [9.17, 15) is 5.11 Å². The molecule has 2 N–H and O–H groups in total. The van der Waals surface area contributed by atoms with Gasteiger partial charge in [0.2, 0.25) is 0 Å². The minimum atomic E-state index is -0.0507. The second kappa shape index (κ2) is 7.34. The molecule has 0 unspecified atom stereocenters. The van der Waals surface area contributed by atoms with Crippen LogP contribution in [0.2, 0.25) is 0 Å². The van der Waals surface area contributed by atoms with Gasteiger partial charge in [-0.05, 0) is 69.3 Å². The molecular weight excluding hydrogens is 262 g/mol. The van der Waals surface area contributed by atoms with E-state index in [1.54, 1.807) is 0 Å². The average Bonchev–Trinajstić information content (AvgIpc) is 2.53. The van der Waals surface area contributed by atoms with E-state index in [4.69, 9.17) is 0 Å². The zero-order chi connectivity index (χ0) is 14.5. The maximum atomic E-state index is 9.57. The van der Waals surface area contributed by atoms with Gasteiger partial charge in [-0.15, -0.1) is 0 Å². The largest absolute Gasteiger partial charge is 0.393 e. The molecular formula is C17H27N3O. The van der Waals surface area contributed by atoms with Crippen molar-refractivity contribution in [3.63, 3.8) is 0 Å². The van der Waals surface area contributed by atoms with Gasteiger partial charge in [0.1, 0.15) is 0 Å². The summed E-state index contributed by atoms with van der Waals surface area (Å²) in [5, 5.41) is 13.4. The molecule has 0 bridgehead atoms. The number of pyridine rings is 1. The van der Waals surface area contributed by atoms with Gasteiger partial charge >= 0.3 is 0 Å². The molecule has 1 aromatic heterocycles. The van der Waals surface area contributed by atoms with E-state index >= 15 is 0 Å². The summed E-state index contributed by atoms with van der Waals surface area (Å²) in [6.07, 6.45) is 10.4. The Morgan fingerprint density at radius 3 is 2.29 bits per heavy atom. The summed E-state index contributed by atoms with van der Waals surface area (Å²) in [6, 6.07) is 5.51. The van der Waals surface area contributed by atoms with Gasteiger partial charge in [0.05, 0.1) is 6.10 Å². The first-order chi connectivity index (χ1) is 10.3. The van der Waals surface area contributed by atoms with Crippen LogP contribution in [0.3, 0.4) is 0 Å². The number of nitrogens with one attached hydrogen (secondary N) is 1. The van der Waals surface area contributed by atoms with Crippen molar-refractivity contribution in [3.8, 4) is 0 Å². The molecule has 4 heteroatoms. The van der Waals surface area contributed by atoms with E-state index < -0.39 is 0 Å². The highest BCUT2D eigenvalue weighted by molar-refractivity contribution is 5.09. The highest BCUT2D eigenvalue weighted by atomic mass is 16.3. The second-order valence-corrected chi connectivity index (χ2v) is 6.58. The Morgan fingerprint density at radius 2 is 1.62 bits per heavy atom. The van der Waals surface area contributed by atoms with Crippen molar-refractivity contribution in [3.05, 3.63) is 30.1 Å². The molecule has 2 fully saturated rings. The molecule has 4 nitrogen and oxygen atoms in total. The summed E-state index contributed by atoms with van der Waals surface area (Å²) < 4.78 is 0. The van der Waals surface area contributed by atoms with Gasteiger partial charge in [0.25, 0.3) is 0 Å². The smallest absolute Gasteiger partial charge is 0.0541 e. The molecule has 21 heavy (non-hydrogen) atoms. The van der Waals surface area contributed by atoms with Crippen LogP contribution in [0, 0.1) is 0 Å². The Morgan fingerprint density at radius 1 is 1.00 bits per heavy atom. The highest BCUT2D eigenvalue weighted by Crippen LogP contribution is 2.21. The normalized spacial score (nSPS) is 28.6. The quantitative estimate of drug-likeness (QED) is 0.889. The molecule has 0 radical (unpaired) electrons. The number of nitrogens with zero attached hydrogens (tertiary/aromatic N) is 2. The number of aromatic nitrogens is 1. The van der Waals surface area contributed by atoms with Crippen LogP contribution in [0.25, 0.3) is 0 Å². The lowest BCUT2D eigenvalue weighted by Gasteiger charge is -2.36. The molecule has 0 atom stereocenters. The summed E-state index contributed by atoms with van der Waals surface area (Å²) in [4.78, 5) is 6.61. The Bertz CT molecular complexity index is 409. The number of likely N-dealkylation sites (tertiary alicyclic amines) is 1. The minimum Gasteiger partial charge on any atom is -0.393 e. The Balaban J connectivity index is 1.39. The molecule has 0 aromatic carbocycles. The Kier molecular flexibility index (Phi) is 5.22. The molecule has 1 saturated heterocycles. The van der Waals surface area contributed by atoms with Gasteiger partial charge in [-0.2, -0.15) is 0 Å². The maximum Gasteiger partial charge on any atom is 0.0541 e. The van der Waals surface area contributed by atoms with Gasteiger partial charge in [-0.1, -0.05) is 0 Å². The topological polar surface area (TPSA) is 48.4 Å². The van der Waals surface area contributed by atoms with Crippen LogP contribution < -0.4 is 5.32 Å². The summed E-state index contributed by atoms with van der Waals surface area (Å²) in [5.74, 6) is 0. The lowest BCUT2D eigenvalue weighted by Crippen LogP contribution is -2.47. The first kappa shape index (κ1) is 14.9. The molecule has 1 aliphatic heterocycles. The number of aliphatic hydroxyl groups is 1. The highest BCUT2D eigenvalue weighted by Gasteiger charge is 2.24. The van der Waals surface area contributed by atoms with Crippen LogP contribution in [0.5, 0.6) is 0 Å². The van der Waals surface area contributed by atoms with Crippen molar-refractivity contribution < 1.29 is 5.11 Å². The van der Waals surface area contributed by atoms with Crippen molar-refractivity contribution in [2.45, 2.75) is 63.3 Å². The fourth-order valence-corrected chi connectivity index (χ4v) is 3.58. The van der Waals surface area contributed by atoms with Gasteiger partial charge in [0, 0.05) is 31.0 Å². The van der Waals surface area contributed by atoms with Crippen LogP contribution >= 0.6 is 0 Å². The summed E-state index contributed by atoms with van der Waals surface area (Å²) in [7, 11) is 0. The molecule has 3 rings (SSSR count). The van der Waals surface area contributed by atoms with Crippen LogP contribution in [0.15, 0.2) is 24.5 Å².